The second-order valence-corrected chi connectivity index (χ2v) is 4.13. The Labute approximate surface area is 111 Å². The Morgan fingerprint density at radius 3 is 2.47 bits per heavy atom. The molecule has 1 heterocycles. The van der Waals surface area contributed by atoms with Crippen molar-refractivity contribution in [2.24, 2.45) is 7.05 Å². The Hall–Kier alpha value is -2.50. The van der Waals surface area contributed by atoms with Gasteiger partial charge in [-0.2, -0.15) is 5.10 Å². The van der Waals surface area contributed by atoms with Gasteiger partial charge >= 0.3 is 0 Å². The summed E-state index contributed by atoms with van der Waals surface area (Å²) in [4.78, 5) is 13.9. The van der Waals surface area contributed by atoms with E-state index in [-0.39, 0.29) is 5.91 Å². The van der Waals surface area contributed by atoms with Crippen LogP contribution in [0.2, 0.25) is 0 Å². The van der Waals surface area contributed by atoms with Gasteiger partial charge in [0.2, 0.25) is 0 Å². The number of nitrogens with zero attached hydrogens (tertiary/aromatic N) is 3. The normalized spacial score (nSPS) is 10.3. The number of nitrogen functional groups attached to an aromatic ring is 1. The van der Waals surface area contributed by atoms with Crippen LogP contribution in [0.4, 0.5) is 11.4 Å². The summed E-state index contributed by atoms with van der Waals surface area (Å²) in [5, 5.41) is 3.96. The van der Waals surface area contributed by atoms with E-state index in [1.165, 1.54) is 15.8 Å². The molecular formula is C13H16N4O2. The minimum Gasteiger partial charge on any atom is -0.497 e. The molecule has 2 aromatic rings. The lowest BCUT2D eigenvalue weighted by Gasteiger charge is -2.18. The number of amides is 1. The van der Waals surface area contributed by atoms with Crippen molar-refractivity contribution >= 4 is 17.3 Å². The standard InChI is InChI=1S/C13H16N4O2/c1-16(9-4-6-10(19-3)7-5-9)13(18)12-11(14)8-15-17(12)2/h4-8H,14H2,1-3H3. The lowest BCUT2D eigenvalue weighted by Crippen LogP contribution is -2.28. The number of carbonyl (C=O) groups excluding carboxylic acids is 1. The van der Waals surface area contributed by atoms with Crippen LogP contribution in [0.15, 0.2) is 30.5 Å². The first-order valence-corrected chi connectivity index (χ1v) is 5.74. The number of ether oxygens (including phenoxy) is 1. The summed E-state index contributed by atoms with van der Waals surface area (Å²) < 4.78 is 6.55. The van der Waals surface area contributed by atoms with Crippen LogP contribution < -0.4 is 15.4 Å². The first kappa shape index (κ1) is 12.9. The Balaban J connectivity index is 2.28. The molecule has 0 radical (unpaired) electrons. The Bertz CT molecular complexity index is 570. The SMILES string of the molecule is COc1ccc(N(C)C(=O)c2c(N)cnn2C)cc1. The summed E-state index contributed by atoms with van der Waals surface area (Å²) in [6, 6.07) is 7.21. The van der Waals surface area contributed by atoms with Crippen molar-refractivity contribution in [3.63, 3.8) is 0 Å². The Kier molecular flexibility index (Phi) is 3.41. The van der Waals surface area contributed by atoms with Crippen LogP contribution in [-0.2, 0) is 7.05 Å². The number of aryl methyl sites for hydroxylation is 1. The first-order valence-electron chi connectivity index (χ1n) is 5.74. The summed E-state index contributed by atoms with van der Waals surface area (Å²) in [5.41, 5.74) is 7.25. The van der Waals surface area contributed by atoms with Crippen molar-refractivity contribution in [3.05, 3.63) is 36.2 Å². The molecule has 0 unspecified atom stereocenters. The monoisotopic (exact) mass is 260 g/mol. The van der Waals surface area contributed by atoms with Crippen molar-refractivity contribution in [1.29, 1.82) is 0 Å². The van der Waals surface area contributed by atoms with Crippen LogP contribution >= 0.6 is 0 Å². The minimum absolute atomic E-state index is 0.206. The van der Waals surface area contributed by atoms with E-state index in [2.05, 4.69) is 5.10 Å². The van der Waals surface area contributed by atoms with E-state index in [0.29, 0.717) is 11.4 Å². The number of carbonyl (C=O) groups is 1. The van der Waals surface area contributed by atoms with Crippen molar-refractivity contribution in [2.75, 3.05) is 24.8 Å². The van der Waals surface area contributed by atoms with Gasteiger partial charge in [-0.25, -0.2) is 0 Å². The topological polar surface area (TPSA) is 73.4 Å². The molecule has 2 rings (SSSR count). The van der Waals surface area contributed by atoms with Gasteiger partial charge in [0, 0.05) is 19.8 Å². The number of methoxy groups -OCH3 is 1. The number of benzene rings is 1. The zero-order valence-corrected chi connectivity index (χ0v) is 11.1. The molecular weight excluding hydrogens is 244 g/mol. The number of aromatic nitrogens is 2. The molecule has 1 aromatic carbocycles. The van der Waals surface area contributed by atoms with Gasteiger partial charge in [-0.15, -0.1) is 0 Å². The third kappa shape index (κ3) is 2.37. The summed E-state index contributed by atoms with van der Waals surface area (Å²) in [5.74, 6) is 0.535. The van der Waals surface area contributed by atoms with Crippen molar-refractivity contribution in [1.82, 2.24) is 9.78 Å². The van der Waals surface area contributed by atoms with E-state index in [1.807, 2.05) is 12.1 Å². The molecule has 0 fully saturated rings. The highest BCUT2D eigenvalue weighted by molar-refractivity contribution is 6.07. The van der Waals surface area contributed by atoms with Crippen molar-refractivity contribution in [3.8, 4) is 5.75 Å². The van der Waals surface area contributed by atoms with Gasteiger partial charge in [0.05, 0.1) is 19.0 Å². The van der Waals surface area contributed by atoms with Gasteiger partial charge in [-0.05, 0) is 24.3 Å². The molecule has 0 spiro atoms. The fourth-order valence-electron chi connectivity index (χ4n) is 1.80. The number of hydrogen-bond donors (Lipinski definition) is 1. The molecule has 0 aliphatic rings. The summed E-state index contributed by atoms with van der Waals surface area (Å²) in [6.45, 7) is 0. The average molecular weight is 260 g/mol. The van der Waals surface area contributed by atoms with E-state index >= 15 is 0 Å². The second-order valence-electron chi connectivity index (χ2n) is 4.13. The van der Waals surface area contributed by atoms with Crippen molar-refractivity contribution in [2.45, 2.75) is 0 Å². The van der Waals surface area contributed by atoms with E-state index in [4.69, 9.17) is 10.5 Å². The molecule has 0 saturated carbocycles. The van der Waals surface area contributed by atoms with E-state index < -0.39 is 0 Å². The molecule has 0 saturated heterocycles. The highest BCUT2D eigenvalue weighted by atomic mass is 16.5. The van der Waals surface area contributed by atoms with Gasteiger partial charge in [-0.1, -0.05) is 0 Å². The van der Waals surface area contributed by atoms with Crippen LogP contribution in [0.3, 0.4) is 0 Å². The van der Waals surface area contributed by atoms with E-state index in [0.717, 1.165) is 11.4 Å². The second kappa shape index (κ2) is 5.01. The fourth-order valence-corrected chi connectivity index (χ4v) is 1.80. The highest BCUT2D eigenvalue weighted by Gasteiger charge is 2.20. The minimum atomic E-state index is -0.206. The van der Waals surface area contributed by atoms with Gasteiger partial charge in [0.1, 0.15) is 11.4 Å². The van der Waals surface area contributed by atoms with Gasteiger partial charge in [0.25, 0.3) is 5.91 Å². The van der Waals surface area contributed by atoms with Gasteiger partial charge < -0.3 is 15.4 Å². The predicted molar refractivity (Wildman–Crippen MR) is 73.3 cm³/mol. The van der Waals surface area contributed by atoms with Crippen LogP contribution in [0.25, 0.3) is 0 Å². The molecule has 19 heavy (non-hydrogen) atoms. The van der Waals surface area contributed by atoms with Crippen molar-refractivity contribution < 1.29 is 9.53 Å². The lowest BCUT2D eigenvalue weighted by atomic mass is 10.2. The first-order chi connectivity index (χ1) is 9.04. The molecule has 0 aliphatic heterocycles. The molecule has 6 nitrogen and oxygen atoms in total. The number of nitrogens with two attached hydrogens (primary N) is 1. The van der Waals surface area contributed by atoms with Crippen LogP contribution in [-0.4, -0.2) is 29.8 Å². The smallest absolute Gasteiger partial charge is 0.278 e. The maximum absolute atomic E-state index is 12.4. The third-order valence-corrected chi connectivity index (χ3v) is 2.93. The molecule has 1 aromatic heterocycles. The maximum Gasteiger partial charge on any atom is 0.278 e. The quantitative estimate of drug-likeness (QED) is 0.902. The lowest BCUT2D eigenvalue weighted by molar-refractivity contribution is 0.0985. The molecule has 100 valence electrons. The van der Waals surface area contributed by atoms with E-state index in [9.17, 15) is 4.79 Å². The molecule has 1 amide bonds. The van der Waals surface area contributed by atoms with E-state index in [1.54, 1.807) is 33.3 Å². The Morgan fingerprint density at radius 2 is 2.00 bits per heavy atom. The summed E-state index contributed by atoms with van der Waals surface area (Å²) in [7, 11) is 4.97. The molecule has 0 bridgehead atoms. The Morgan fingerprint density at radius 1 is 1.37 bits per heavy atom. The predicted octanol–water partition coefficient (Wildman–Crippen LogP) is 1.29. The summed E-state index contributed by atoms with van der Waals surface area (Å²) in [6.07, 6.45) is 1.47. The van der Waals surface area contributed by atoms with Crippen LogP contribution in [0.1, 0.15) is 10.5 Å². The molecule has 6 heteroatoms. The zero-order valence-electron chi connectivity index (χ0n) is 11.1. The fraction of sp³-hybridized carbons (Fsp3) is 0.231. The molecule has 0 atom stereocenters. The van der Waals surface area contributed by atoms with Gasteiger partial charge in [-0.3, -0.25) is 9.48 Å². The van der Waals surface area contributed by atoms with Crippen LogP contribution in [0.5, 0.6) is 5.75 Å². The van der Waals surface area contributed by atoms with Crippen LogP contribution in [0, 0.1) is 0 Å². The number of rotatable bonds is 3. The number of anilines is 2. The number of hydrogen-bond acceptors (Lipinski definition) is 4. The molecule has 2 N–H and O–H groups in total. The maximum atomic E-state index is 12.4. The summed E-state index contributed by atoms with van der Waals surface area (Å²) >= 11 is 0. The largest absolute Gasteiger partial charge is 0.497 e. The zero-order chi connectivity index (χ0) is 14.0. The third-order valence-electron chi connectivity index (χ3n) is 2.93. The molecule has 0 aliphatic carbocycles. The average Bonchev–Trinajstić information content (AvgIpc) is 2.77. The highest BCUT2D eigenvalue weighted by Crippen LogP contribution is 2.21. The van der Waals surface area contributed by atoms with Gasteiger partial charge in [0.15, 0.2) is 0 Å².